The number of ether oxygens (including phenoxy) is 2. The molecular weight excluding hydrogens is 232 g/mol. The molecule has 2 saturated heterocycles. The van der Waals surface area contributed by atoms with Gasteiger partial charge in [0.25, 0.3) is 0 Å². The van der Waals surface area contributed by atoms with E-state index in [2.05, 4.69) is 12.2 Å². The van der Waals surface area contributed by atoms with E-state index >= 15 is 0 Å². The van der Waals surface area contributed by atoms with Gasteiger partial charge in [-0.05, 0) is 26.3 Å². The van der Waals surface area contributed by atoms with Crippen LogP contribution in [0.1, 0.15) is 19.8 Å². The number of rotatable bonds is 3. The summed E-state index contributed by atoms with van der Waals surface area (Å²) in [5, 5.41) is 3.38. The van der Waals surface area contributed by atoms with Crippen molar-refractivity contribution in [1.29, 1.82) is 0 Å². The van der Waals surface area contributed by atoms with E-state index in [1.54, 1.807) is 14.2 Å². The van der Waals surface area contributed by atoms with E-state index in [9.17, 15) is 4.79 Å². The molecule has 0 aromatic heterocycles. The van der Waals surface area contributed by atoms with E-state index in [0.29, 0.717) is 13.1 Å². The third-order valence-corrected chi connectivity index (χ3v) is 4.21. The SMILES string of the molecule is COC1CN(C(=O)C2CCCNC2C)CC1OC. The molecule has 2 heterocycles. The molecule has 5 heteroatoms. The first kappa shape index (κ1) is 13.8. The minimum Gasteiger partial charge on any atom is -0.377 e. The molecule has 0 aliphatic carbocycles. The molecule has 1 N–H and O–H groups in total. The number of hydrogen-bond acceptors (Lipinski definition) is 4. The Balaban J connectivity index is 1.97. The van der Waals surface area contributed by atoms with E-state index in [4.69, 9.17) is 9.47 Å². The van der Waals surface area contributed by atoms with Gasteiger partial charge in [0, 0.05) is 33.4 Å². The van der Waals surface area contributed by atoms with Gasteiger partial charge in [-0.2, -0.15) is 0 Å². The van der Waals surface area contributed by atoms with Gasteiger partial charge in [-0.1, -0.05) is 0 Å². The number of amides is 1. The second kappa shape index (κ2) is 5.99. The van der Waals surface area contributed by atoms with Crippen LogP contribution in [0, 0.1) is 5.92 Å². The van der Waals surface area contributed by atoms with Crippen LogP contribution < -0.4 is 5.32 Å². The van der Waals surface area contributed by atoms with Crippen LogP contribution in [0.25, 0.3) is 0 Å². The van der Waals surface area contributed by atoms with Gasteiger partial charge in [-0.25, -0.2) is 0 Å². The minimum atomic E-state index is 0.00538. The predicted octanol–water partition coefficient (Wildman–Crippen LogP) is 0.247. The Morgan fingerprint density at radius 3 is 2.33 bits per heavy atom. The second-order valence-electron chi connectivity index (χ2n) is 5.28. The quantitative estimate of drug-likeness (QED) is 0.786. The molecule has 2 aliphatic rings. The van der Waals surface area contributed by atoms with Crippen LogP contribution in [-0.2, 0) is 14.3 Å². The zero-order valence-electron chi connectivity index (χ0n) is 11.5. The third-order valence-electron chi connectivity index (χ3n) is 4.21. The third kappa shape index (κ3) is 2.68. The first-order chi connectivity index (χ1) is 8.67. The molecule has 0 aromatic rings. The molecule has 1 amide bonds. The molecule has 2 aliphatic heterocycles. The number of hydrogen-bond donors (Lipinski definition) is 1. The topological polar surface area (TPSA) is 50.8 Å². The Morgan fingerprint density at radius 1 is 1.22 bits per heavy atom. The fourth-order valence-corrected chi connectivity index (χ4v) is 2.99. The minimum absolute atomic E-state index is 0.00538. The number of likely N-dealkylation sites (tertiary alicyclic amines) is 1. The van der Waals surface area contributed by atoms with Crippen molar-refractivity contribution in [2.75, 3.05) is 33.9 Å². The number of methoxy groups -OCH3 is 2. The highest BCUT2D eigenvalue weighted by Gasteiger charge is 2.39. The van der Waals surface area contributed by atoms with E-state index in [0.717, 1.165) is 19.4 Å². The van der Waals surface area contributed by atoms with E-state index in [1.165, 1.54) is 0 Å². The summed E-state index contributed by atoms with van der Waals surface area (Å²) in [4.78, 5) is 14.4. The molecule has 2 fully saturated rings. The van der Waals surface area contributed by atoms with Crippen LogP contribution in [-0.4, -0.2) is 62.9 Å². The van der Waals surface area contributed by atoms with Gasteiger partial charge in [0.1, 0.15) is 12.2 Å². The molecule has 5 nitrogen and oxygen atoms in total. The van der Waals surface area contributed by atoms with Gasteiger partial charge < -0.3 is 19.7 Å². The molecule has 4 unspecified atom stereocenters. The monoisotopic (exact) mass is 256 g/mol. The smallest absolute Gasteiger partial charge is 0.227 e. The first-order valence-corrected chi connectivity index (χ1v) is 6.75. The van der Waals surface area contributed by atoms with Crippen molar-refractivity contribution in [3.8, 4) is 0 Å². The van der Waals surface area contributed by atoms with E-state index in [-0.39, 0.29) is 30.1 Å². The number of carbonyl (C=O) groups is 1. The van der Waals surface area contributed by atoms with Crippen LogP contribution in [0.5, 0.6) is 0 Å². The van der Waals surface area contributed by atoms with Crippen molar-refractivity contribution in [2.24, 2.45) is 5.92 Å². The molecule has 18 heavy (non-hydrogen) atoms. The Hall–Kier alpha value is -0.650. The maximum Gasteiger partial charge on any atom is 0.227 e. The molecule has 104 valence electrons. The Labute approximate surface area is 109 Å². The molecule has 0 spiro atoms. The predicted molar refractivity (Wildman–Crippen MR) is 68.4 cm³/mol. The largest absolute Gasteiger partial charge is 0.377 e. The van der Waals surface area contributed by atoms with Crippen molar-refractivity contribution in [3.63, 3.8) is 0 Å². The van der Waals surface area contributed by atoms with E-state index in [1.807, 2.05) is 4.90 Å². The lowest BCUT2D eigenvalue weighted by Gasteiger charge is -2.32. The summed E-state index contributed by atoms with van der Waals surface area (Å²) >= 11 is 0. The summed E-state index contributed by atoms with van der Waals surface area (Å²) in [6.45, 7) is 4.42. The highest BCUT2D eigenvalue weighted by Crippen LogP contribution is 2.23. The lowest BCUT2D eigenvalue weighted by atomic mass is 9.91. The Kier molecular flexibility index (Phi) is 4.59. The summed E-state index contributed by atoms with van der Waals surface area (Å²) < 4.78 is 10.7. The van der Waals surface area contributed by atoms with Crippen molar-refractivity contribution in [2.45, 2.75) is 38.0 Å². The van der Waals surface area contributed by atoms with E-state index < -0.39 is 0 Å². The van der Waals surface area contributed by atoms with Crippen molar-refractivity contribution < 1.29 is 14.3 Å². The van der Waals surface area contributed by atoms with Gasteiger partial charge >= 0.3 is 0 Å². The molecular formula is C13H24N2O3. The molecule has 4 atom stereocenters. The number of nitrogens with one attached hydrogen (secondary N) is 1. The molecule has 0 radical (unpaired) electrons. The molecule has 0 saturated carbocycles. The molecule has 0 bridgehead atoms. The first-order valence-electron chi connectivity index (χ1n) is 6.75. The maximum atomic E-state index is 12.5. The van der Waals surface area contributed by atoms with Gasteiger partial charge in [0.15, 0.2) is 0 Å². The lowest BCUT2D eigenvalue weighted by molar-refractivity contribution is -0.136. The fourth-order valence-electron chi connectivity index (χ4n) is 2.99. The zero-order valence-corrected chi connectivity index (χ0v) is 11.5. The number of piperidine rings is 1. The van der Waals surface area contributed by atoms with Crippen LogP contribution in [0.15, 0.2) is 0 Å². The number of nitrogens with zero attached hydrogens (tertiary/aromatic N) is 1. The lowest BCUT2D eigenvalue weighted by Crippen LogP contribution is -2.48. The standard InChI is InChI=1S/C13H24N2O3/c1-9-10(5-4-6-14-9)13(16)15-7-11(17-2)12(8-15)18-3/h9-12,14H,4-8H2,1-3H3. The molecule has 0 aromatic carbocycles. The average molecular weight is 256 g/mol. The maximum absolute atomic E-state index is 12.5. The summed E-state index contributed by atoms with van der Waals surface area (Å²) in [5.41, 5.74) is 0. The van der Waals surface area contributed by atoms with Crippen LogP contribution in [0.2, 0.25) is 0 Å². The summed E-state index contributed by atoms with van der Waals surface area (Å²) in [6, 6.07) is 0.272. The fraction of sp³-hybridized carbons (Fsp3) is 0.923. The Morgan fingerprint density at radius 2 is 1.83 bits per heavy atom. The highest BCUT2D eigenvalue weighted by atomic mass is 16.5. The van der Waals surface area contributed by atoms with Crippen LogP contribution in [0.3, 0.4) is 0 Å². The second-order valence-corrected chi connectivity index (χ2v) is 5.28. The van der Waals surface area contributed by atoms with Crippen LogP contribution in [0.4, 0.5) is 0 Å². The Bertz CT molecular complexity index is 286. The van der Waals surface area contributed by atoms with Crippen molar-refractivity contribution in [1.82, 2.24) is 10.2 Å². The summed E-state index contributed by atoms with van der Waals surface area (Å²) in [5.74, 6) is 0.350. The van der Waals surface area contributed by atoms with Crippen molar-refractivity contribution in [3.05, 3.63) is 0 Å². The van der Waals surface area contributed by atoms with Crippen molar-refractivity contribution >= 4 is 5.91 Å². The highest BCUT2D eigenvalue weighted by molar-refractivity contribution is 5.80. The molecule has 2 rings (SSSR count). The van der Waals surface area contributed by atoms with Crippen LogP contribution >= 0.6 is 0 Å². The van der Waals surface area contributed by atoms with Gasteiger partial charge in [-0.15, -0.1) is 0 Å². The normalized spacial score (nSPS) is 36.9. The van der Waals surface area contributed by atoms with Gasteiger partial charge in [0.2, 0.25) is 5.91 Å². The summed E-state index contributed by atoms with van der Waals surface area (Å²) in [7, 11) is 3.35. The number of carbonyl (C=O) groups excluding carboxylic acids is 1. The zero-order chi connectivity index (χ0) is 13.1. The van der Waals surface area contributed by atoms with Gasteiger partial charge in [-0.3, -0.25) is 4.79 Å². The average Bonchev–Trinajstić information content (AvgIpc) is 2.81. The van der Waals surface area contributed by atoms with Gasteiger partial charge in [0.05, 0.1) is 5.92 Å². The summed E-state index contributed by atoms with van der Waals surface area (Å²) in [6.07, 6.45) is 2.08.